The zero-order valence-corrected chi connectivity index (χ0v) is 10.4. The van der Waals surface area contributed by atoms with Gasteiger partial charge in [-0.25, -0.2) is 0 Å². The van der Waals surface area contributed by atoms with Crippen molar-refractivity contribution in [3.05, 3.63) is 28.8 Å². The van der Waals surface area contributed by atoms with E-state index >= 15 is 0 Å². The van der Waals surface area contributed by atoms with Crippen LogP contribution >= 0.6 is 0 Å². The summed E-state index contributed by atoms with van der Waals surface area (Å²) in [5.74, 6) is -0.103. The third-order valence-electron chi connectivity index (χ3n) is 3.21. The number of carbonyl (C=O) groups excluding carboxylic acids is 1. The lowest BCUT2D eigenvalue weighted by atomic mass is 10.0. The monoisotopic (exact) mass is 228 g/mol. The average molecular weight is 228 g/mol. The van der Waals surface area contributed by atoms with E-state index in [1.807, 2.05) is 20.8 Å². The molecule has 1 amide bonds. The van der Waals surface area contributed by atoms with Crippen molar-refractivity contribution in [2.45, 2.75) is 27.2 Å². The van der Waals surface area contributed by atoms with Gasteiger partial charge in [0.25, 0.3) is 0 Å². The molecule has 2 rings (SSSR count). The van der Waals surface area contributed by atoms with E-state index in [9.17, 15) is 4.79 Å². The van der Waals surface area contributed by atoms with Crippen molar-refractivity contribution in [2.75, 3.05) is 11.4 Å². The van der Waals surface area contributed by atoms with Gasteiger partial charge in [0, 0.05) is 18.7 Å². The van der Waals surface area contributed by atoms with Crippen molar-refractivity contribution in [1.82, 2.24) is 0 Å². The predicted octanol–water partition coefficient (Wildman–Crippen LogP) is 2.49. The molecule has 1 fully saturated rings. The molecule has 0 saturated carbocycles. The smallest absolute Gasteiger partial charge is 0.228 e. The van der Waals surface area contributed by atoms with E-state index in [0.717, 1.165) is 16.8 Å². The van der Waals surface area contributed by atoms with Crippen LogP contribution in [0.2, 0.25) is 0 Å². The van der Waals surface area contributed by atoms with Gasteiger partial charge in [-0.1, -0.05) is 17.7 Å². The maximum Gasteiger partial charge on any atom is 0.228 e. The maximum atomic E-state index is 11.9. The molecule has 1 saturated heterocycles. The molecule has 1 aliphatic heterocycles. The second-order valence-corrected chi connectivity index (χ2v) is 4.78. The van der Waals surface area contributed by atoms with Crippen molar-refractivity contribution in [1.29, 1.82) is 5.26 Å². The second-order valence-electron chi connectivity index (χ2n) is 4.78. The molecular formula is C14H16N2O. The first-order chi connectivity index (χ1) is 8.02. The van der Waals surface area contributed by atoms with Gasteiger partial charge in [-0.15, -0.1) is 0 Å². The lowest BCUT2D eigenvalue weighted by Gasteiger charge is -2.21. The van der Waals surface area contributed by atoms with Crippen molar-refractivity contribution in [3.8, 4) is 6.07 Å². The van der Waals surface area contributed by atoms with Crippen molar-refractivity contribution in [3.63, 3.8) is 0 Å². The molecule has 0 radical (unpaired) electrons. The molecule has 88 valence electrons. The van der Waals surface area contributed by atoms with Crippen LogP contribution in [0.4, 0.5) is 5.69 Å². The highest BCUT2D eigenvalue weighted by molar-refractivity contribution is 5.97. The fourth-order valence-corrected chi connectivity index (χ4v) is 2.61. The average Bonchev–Trinajstić information content (AvgIpc) is 2.59. The lowest BCUT2D eigenvalue weighted by Crippen LogP contribution is -2.26. The first-order valence-electron chi connectivity index (χ1n) is 5.80. The third kappa shape index (κ3) is 2.03. The Morgan fingerprint density at radius 2 is 1.88 bits per heavy atom. The van der Waals surface area contributed by atoms with Crippen molar-refractivity contribution in [2.24, 2.45) is 5.92 Å². The van der Waals surface area contributed by atoms with Gasteiger partial charge in [0.15, 0.2) is 0 Å². The summed E-state index contributed by atoms with van der Waals surface area (Å²) in [6.45, 7) is 6.61. The van der Waals surface area contributed by atoms with E-state index in [-0.39, 0.29) is 11.8 Å². The Balaban J connectivity index is 2.42. The van der Waals surface area contributed by atoms with Gasteiger partial charge in [0.2, 0.25) is 5.91 Å². The van der Waals surface area contributed by atoms with Gasteiger partial charge < -0.3 is 4.90 Å². The standard InChI is InChI=1S/C14H16N2O/c1-9-4-10(2)14(11(3)5-9)16-8-12(7-15)6-13(16)17/h4-5,12H,6,8H2,1-3H3. The predicted molar refractivity (Wildman–Crippen MR) is 66.7 cm³/mol. The molecule has 1 heterocycles. The molecule has 1 aliphatic rings. The second kappa shape index (κ2) is 4.21. The Morgan fingerprint density at radius 1 is 1.29 bits per heavy atom. The van der Waals surface area contributed by atoms with Crippen LogP contribution in [0, 0.1) is 38.0 Å². The van der Waals surface area contributed by atoms with Gasteiger partial charge in [-0.3, -0.25) is 4.79 Å². The van der Waals surface area contributed by atoms with Gasteiger partial charge in [0.1, 0.15) is 0 Å². The van der Waals surface area contributed by atoms with E-state index in [1.165, 1.54) is 5.56 Å². The number of hydrogen-bond acceptors (Lipinski definition) is 2. The Hall–Kier alpha value is -1.82. The van der Waals surface area contributed by atoms with Gasteiger partial charge >= 0.3 is 0 Å². The molecule has 0 bridgehead atoms. The molecule has 1 unspecified atom stereocenters. The molecule has 0 spiro atoms. The molecular weight excluding hydrogens is 212 g/mol. The van der Waals surface area contributed by atoms with Crippen LogP contribution in [0.15, 0.2) is 12.1 Å². The Morgan fingerprint density at radius 3 is 2.35 bits per heavy atom. The first-order valence-corrected chi connectivity index (χ1v) is 5.80. The SMILES string of the molecule is Cc1cc(C)c(N2CC(C#N)CC2=O)c(C)c1. The fourth-order valence-electron chi connectivity index (χ4n) is 2.61. The Labute approximate surface area is 102 Å². The van der Waals surface area contributed by atoms with Crippen LogP contribution in [-0.4, -0.2) is 12.5 Å². The molecule has 1 aromatic carbocycles. The number of amides is 1. The minimum atomic E-state index is -0.164. The van der Waals surface area contributed by atoms with Gasteiger partial charge in [-0.05, 0) is 31.9 Å². The van der Waals surface area contributed by atoms with E-state index in [2.05, 4.69) is 18.2 Å². The largest absolute Gasteiger partial charge is 0.311 e. The van der Waals surface area contributed by atoms with Crippen LogP contribution in [0.5, 0.6) is 0 Å². The summed E-state index contributed by atoms with van der Waals surface area (Å²) in [4.78, 5) is 13.7. The number of rotatable bonds is 1. The summed E-state index contributed by atoms with van der Waals surface area (Å²) in [6, 6.07) is 6.34. The third-order valence-corrected chi connectivity index (χ3v) is 3.21. The Kier molecular flexibility index (Phi) is 2.89. The maximum absolute atomic E-state index is 11.9. The highest BCUT2D eigenvalue weighted by atomic mass is 16.2. The molecule has 17 heavy (non-hydrogen) atoms. The molecule has 1 atom stereocenters. The summed E-state index contributed by atoms with van der Waals surface area (Å²) >= 11 is 0. The zero-order chi connectivity index (χ0) is 12.6. The van der Waals surface area contributed by atoms with Crippen LogP contribution < -0.4 is 4.90 Å². The molecule has 1 aromatic rings. The number of hydrogen-bond donors (Lipinski definition) is 0. The van der Waals surface area contributed by atoms with Crippen molar-refractivity contribution < 1.29 is 4.79 Å². The quantitative estimate of drug-likeness (QED) is 0.741. The molecule has 0 aromatic heterocycles. The zero-order valence-electron chi connectivity index (χ0n) is 10.4. The lowest BCUT2D eigenvalue weighted by molar-refractivity contribution is -0.117. The highest BCUT2D eigenvalue weighted by Gasteiger charge is 2.31. The number of anilines is 1. The van der Waals surface area contributed by atoms with E-state index in [4.69, 9.17) is 5.26 Å². The normalized spacial score (nSPS) is 19.5. The number of benzene rings is 1. The van der Waals surface area contributed by atoms with Crippen molar-refractivity contribution >= 4 is 11.6 Å². The minimum absolute atomic E-state index is 0.0617. The minimum Gasteiger partial charge on any atom is -0.311 e. The summed E-state index contributed by atoms with van der Waals surface area (Å²) in [5, 5.41) is 8.90. The molecule has 3 heteroatoms. The van der Waals surface area contributed by atoms with E-state index in [0.29, 0.717) is 13.0 Å². The summed E-state index contributed by atoms with van der Waals surface area (Å²) < 4.78 is 0. The van der Waals surface area contributed by atoms with Gasteiger partial charge in [-0.2, -0.15) is 5.26 Å². The Bertz CT molecular complexity index is 490. The summed E-state index contributed by atoms with van der Waals surface area (Å²) in [7, 11) is 0. The fraction of sp³-hybridized carbons (Fsp3) is 0.429. The van der Waals surface area contributed by atoms with E-state index in [1.54, 1.807) is 4.90 Å². The van der Waals surface area contributed by atoms with Gasteiger partial charge in [0.05, 0.1) is 12.0 Å². The number of aryl methyl sites for hydroxylation is 3. The topological polar surface area (TPSA) is 44.1 Å². The summed E-state index contributed by atoms with van der Waals surface area (Å²) in [5.41, 5.74) is 4.40. The number of carbonyl (C=O) groups is 1. The van der Waals surface area contributed by atoms with E-state index < -0.39 is 0 Å². The number of nitriles is 1. The summed E-state index contributed by atoms with van der Waals surface area (Å²) in [6.07, 6.45) is 0.350. The molecule has 0 aliphatic carbocycles. The highest BCUT2D eigenvalue weighted by Crippen LogP contribution is 2.31. The first kappa shape index (κ1) is 11.7. The van der Waals surface area contributed by atoms with Crippen LogP contribution in [0.25, 0.3) is 0 Å². The van der Waals surface area contributed by atoms with Crippen LogP contribution in [0.1, 0.15) is 23.1 Å². The molecule has 3 nitrogen and oxygen atoms in total. The molecule has 0 N–H and O–H groups in total. The number of nitrogens with zero attached hydrogens (tertiary/aromatic N) is 2. The van der Waals surface area contributed by atoms with Crippen LogP contribution in [0.3, 0.4) is 0 Å². The van der Waals surface area contributed by atoms with Crippen LogP contribution in [-0.2, 0) is 4.79 Å².